The Bertz CT molecular complexity index is 380. The van der Waals surface area contributed by atoms with Gasteiger partial charge in [-0.15, -0.1) is 0 Å². The number of carboxylic acid groups (broad SMARTS) is 1. The Balaban J connectivity index is 2.47. The first-order valence-corrected chi connectivity index (χ1v) is 7.39. The molecule has 0 amide bonds. The Kier molecular flexibility index (Phi) is 5.51. The van der Waals surface area contributed by atoms with Gasteiger partial charge < -0.3 is 14.6 Å². The van der Waals surface area contributed by atoms with E-state index < -0.39 is 28.0 Å². The number of rotatable bonds is 7. The summed E-state index contributed by atoms with van der Waals surface area (Å²) in [4.78, 5) is 10.9. The highest BCUT2D eigenvalue weighted by Crippen LogP contribution is 2.14. The van der Waals surface area contributed by atoms with E-state index in [0.29, 0.717) is 0 Å². The highest BCUT2D eigenvalue weighted by atomic mass is 32.2. The van der Waals surface area contributed by atoms with Crippen molar-refractivity contribution < 1.29 is 27.8 Å². The van der Waals surface area contributed by atoms with Crippen LogP contribution in [0, 0.1) is 5.92 Å². The van der Waals surface area contributed by atoms with Crippen molar-refractivity contribution in [2.45, 2.75) is 26.0 Å². The average molecular weight is 281 g/mol. The lowest BCUT2D eigenvalue weighted by Crippen LogP contribution is -2.44. The van der Waals surface area contributed by atoms with Crippen LogP contribution in [0.25, 0.3) is 0 Å². The lowest BCUT2D eigenvalue weighted by molar-refractivity contribution is -0.142. The third kappa shape index (κ3) is 4.89. The first kappa shape index (κ1) is 15.4. The van der Waals surface area contributed by atoms with Crippen LogP contribution < -0.4 is 4.72 Å². The van der Waals surface area contributed by atoms with Crippen LogP contribution in [0.15, 0.2) is 0 Å². The zero-order chi connectivity index (χ0) is 13.8. The molecule has 2 atom stereocenters. The molecule has 106 valence electrons. The summed E-state index contributed by atoms with van der Waals surface area (Å²) < 4.78 is 35.9. The molecule has 0 bridgehead atoms. The SMILES string of the molecule is CC(C)OCCS(=O)(=O)NC1COCC1C(=O)O. The molecule has 1 aliphatic heterocycles. The fourth-order valence-corrected chi connectivity index (χ4v) is 2.72. The van der Waals surface area contributed by atoms with E-state index in [1.54, 1.807) is 0 Å². The molecule has 2 N–H and O–H groups in total. The maximum absolute atomic E-state index is 11.7. The van der Waals surface area contributed by atoms with Gasteiger partial charge in [-0.1, -0.05) is 0 Å². The van der Waals surface area contributed by atoms with Gasteiger partial charge in [-0.25, -0.2) is 13.1 Å². The molecule has 1 aliphatic rings. The van der Waals surface area contributed by atoms with E-state index in [2.05, 4.69) is 4.72 Å². The molecule has 0 aromatic carbocycles. The summed E-state index contributed by atoms with van der Waals surface area (Å²) in [6, 6.07) is -0.702. The van der Waals surface area contributed by atoms with Gasteiger partial charge in [0.25, 0.3) is 0 Å². The van der Waals surface area contributed by atoms with Gasteiger partial charge >= 0.3 is 5.97 Å². The molecule has 1 rings (SSSR count). The summed E-state index contributed by atoms with van der Waals surface area (Å²) in [7, 11) is -3.55. The summed E-state index contributed by atoms with van der Waals surface area (Å²) in [5.74, 6) is -2.07. The molecule has 2 unspecified atom stereocenters. The van der Waals surface area contributed by atoms with E-state index in [9.17, 15) is 13.2 Å². The number of ether oxygens (including phenoxy) is 2. The molecule has 1 fully saturated rings. The van der Waals surface area contributed by atoms with Gasteiger partial charge in [0.1, 0.15) is 0 Å². The molecule has 0 spiro atoms. The van der Waals surface area contributed by atoms with Gasteiger partial charge in [0, 0.05) is 0 Å². The average Bonchev–Trinajstić information content (AvgIpc) is 2.63. The van der Waals surface area contributed by atoms with Crippen LogP contribution in [0.4, 0.5) is 0 Å². The largest absolute Gasteiger partial charge is 0.481 e. The van der Waals surface area contributed by atoms with Crippen molar-refractivity contribution in [3.8, 4) is 0 Å². The minimum absolute atomic E-state index is 0.0328. The monoisotopic (exact) mass is 281 g/mol. The van der Waals surface area contributed by atoms with Crippen molar-refractivity contribution in [2.75, 3.05) is 25.6 Å². The van der Waals surface area contributed by atoms with Gasteiger partial charge in [-0.05, 0) is 13.8 Å². The van der Waals surface area contributed by atoms with E-state index >= 15 is 0 Å². The van der Waals surface area contributed by atoms with E-state index in [1.165, 1.54) is 0 Å². The summed E-state index contributed by atoms with van der Waals surface area (Å²) in [5.41, 5.74) is 0. The smallest absolute Gasteiger partial charge is 0.310 e. The van der Waals surface area contributed by atoms with Crippen molar-refractivity contribution in [1.82, 2.24) is 4.72 Å². The standard InChI is InChI=1S/C10H19NO6S/c1-7(2)17-3-4-18(14,15)11-9-6-16-5-8(9)10(12)13/h7-9,11H,3-6H2,1-2H3,(H,12,13). The normalized spacial score (nSPS) is 24.6. The third-order valence-corrected chi connectivity index (χ3v) is 3.90. The number of nitrogens with one attached hydrogen (secondary N) is 1. The van der Waals surface area contributed by atoms with Crippen LogP contribution >= 0.6 is 0 Å². The van der Waals surface area contributed by atoms with Crippen LogP contribution in [0.2, 0.25) is 0 Å². The van der Waals surface area contributed by atoms with Crippen molar-refractivity contribution >= 4 is 16.0 Å². The summed E-state index contributed by atoms with van der Waals surface area (Å²) in [6.07, 6.45) is -0.0400. The van der Waals surface area contributed by atoms with Gasteiger partial charge in [0.2, 0.25) is 10.0 Å². The summed E-state index contributed by atoms with van der Waals surface area (Å²) in [6.45, 7) is 3.82. The second kappa shape index (κ2) is 6.46. The van der Waals surface area contributed by atoms with E-state index in [1.807, 2.05) is 13.8 Å². The Morgan fingerprint density at radius 2 is 2.17 bits per heavy atom. The molecule has 0 aliphatic carbocycles. The molecule has 0 saturated carbocycles. The predicted octanol–water partition coefficient (Wildman–Crippen LogP) is -0.570. The Labute approximate surface area is 107 Å². The minimum atomic E-state index is -3.55. The van der Waals surface area contributed by atoms with Gasteiger partial charge in [0.05, 0.1) is 43.6 Å². The predicted molar refractivity (Wildman–Crippen MR) is 63.7 cm³/mol. The molecular formula is C10H19NO6S. The summed E-state index contributed by atoms with van der Waals surface area (Å²) >= 11 is 0. The Hall–Kier alpha value is -0.700. The maximum atomic E-state index is 11.7. The topological polar surface area (TPSA) is 102 Å². The first-order chi connectivity index (χ1) is 8.32. The molecule has 1 heterocycles. The van der Waals surface area contributed by atoms with Crippen LogP contribution in [0.3, 0.4) is 0 Å². The van der Waals surface area contributed by atoms with Crippen molar-refractivity contribution in [1.29, 1.82) is 0 Å². The number of hydrogen-bond acceptors (Lipinski definition) is 5. The number of aliphatic carboxylic acids is 1. The van der Waals surface area contributed by atoms with Gasteiger partial charge in [-0.3, -0.25) is 4.79 Å². The van der Waals surface area contributed by atoms with E-state index in [4.69, 9.17) is 14.6 Å². The molecule has 7 nitrogen and oxygen atoms in total. The van der Waals surface area contributed by atoms with Crippen LogP contribution in [-0.4, -0.2) is 57.2 Å². The van der Waals surface area contributed by atoms with Crippen molar-refractivity contribution in [2.24, 2.45) is 5.92 Å². The fourth-order valence-electron chi connectivity index (χ4n) is 1.60. The molecule has 18 heavy (non-hydrogen) atoms. The number of carboxylic acids is 1. The lowest BCUT2D eigenvalue weighted by atomic mass is 10.1. The number of hydrogen-bond donors (Lipinski definition) is 2. The second-order valence-corrected chi connectivity index (χ2v) is 6.32. The highest BCUT2D eigenvalue weighted by Gasteiger charge is 2.36. The Morgan fingerprint density at radius 1 is 1.50 bits per heavy atom. The van der Waals surface area contributed by atoms with E-state index in [-0.39, 0.29) is 31.7 Å². The molecule has 0 radical (unpaired) electrons. The van der Waals surface area contributed by atoms with Crippen LogP contribution in [-0.2, 0) is 24.3 Å². The van der Waals surface area contributed by atoms with E-state index in [0.717, 1.165) is 0 Å². The summed E-state index contributed by atoms with van der Waals surface area (Å²) in [5, 5.41) is 8.89. The van der Waals surface area contributed by atoms with Crippen LogP contribution in [0.1, 0.15) is 13.8 Å². The second-order valence-electron chi connectivity index (χ2n) is 4.44. The number of sulfonamides is 1. The maximum Gasteiger partial charge on any atom is 0.310 e. The molecule has 0 aromatic rings. The molecule has 8 heteroatoms. The number of carbonyl (C=O) groups is 1. The van der Waals surface area contributed by atoms with Gasteiger partial charge in [0.15, 0.2) is 0 Å². The Morgan fingerprint density at radius 3 is 2.72 bits per heavy atom. The third-order valence-electron chi connectivity index (χ3n) is 2.53. The minimum Gasteiger partial charge on any atom is -0.481 e. The van der Waals surface area contributed by atoms with Crippen molar-refractivity contribution in [3.63, 3.8) is 0 Å². The van der Waals surface area contributed by atoms with Crippen LogP contribution in [0.5, 0.6) is 0 Å². The van der Waals surface area contributed by atoms with Gasteiger partial charge in [-0.2, -0.15) is 0 Å². The zero-order valence-electron chi connectivity index (χ0n) is 10.5. The molecular weight excluding hydrogens is 262 g/mol. The zero-order valence-corrected chi connectivity index (χ0v) is 11.3. The highest BCUT2D eigenvalue weighted by molar-refractivity contribution is 7.89. The van der Waals surface area contributed by atoms with Crippen molar-refractivity contribution in [3.05, 3.63) is 0 Å². The fraction of sp³-hybridized carbons (Fsp3) is 0.900. The lowest BCUT2D eigenvalue weighted by Gasteiger charge is -2.16. The molecule has 1 saturated heterocycles. The molecule has 0 aromatic heterocycles. The quantitative estimate of drug-likeness (QED) is 0.648. The first-order valence-electron chi connectivity index (χ1n) is 5.74.